The molecular weight excluding hydrogens is 220 g/mol. The third-order valence-corrected chi connectivity index (χ3v) is 3.74. The van der Waals surface area contributed by atoms with Crippen LogP contribution in [0.4, 0.5) is 0 Å². The van der Waals surface area contributed by atoms with Crippen LogP contribution in [0.5, 0.6) is 0 Å². The third-order valence-electron chi connectivity index (χ3n) is 2.68. The standard InChI is InChI=1S/C12H14N2OS/c1-2-11(15-5-1)7-13-6-10-8-16-12(14-10)9-3-4-9/h1-2,5,8-9,13H,3-4,6-7H2. The molecule has 1 saturated carbocycles. The first-order valence-corrected chi connectivity index (χ1v) is 6.47. The zero-order chi connectivity index (χ0) is 10.8. The van der Waals surface area contributed by atoms with Crippen LogP contribution < -0.4 is 5.32 Å². The van der Waals surface area contributed by atoms with Crippen molar-refractivity contribution in [3.05, 3.63) is 40.2 Å². The van der Waals surface area contributed by atoms with Gasteiger partial charge in [0.25, 0.3) is 0 Å². The molecule has 0 bridgehead atoms. The van der Waals surface area contributed by atoms with Gasteiger partial charge < -0.3 is 9.73 Å². The van der Waals surface area contributed by atoms with E-state index in [1.54, 1.807) is 17.6 Å². The predicted molar refractivity (Wildman–Crippen MR) is 63.3 cm³/mol. The first-order valence-electron chi connectivity index (χ1n) is 5.59. The van der Waals surface area contributed by atoms with Gasteiger partial charge in [0.05, 0.1) is 23.5 Å². The van der Waals surface area contributed by atoms with Gasteiger partial charge in [-0.1, -0.05) is 0 Å². The topological polar surface area (TPSA) is 38.1 Å². The van der Waals surface area contributed by atoms with Crippen LogP contribution in [0.15, 0.2) is 28.2 Å². The van der Waals surface area contributed by atoms with Crippen LogP contribution in [-0.2, 0) is 13.1 Å². The van der Waals surface area contributed by atoms with E-state index >= 15 is 0 Å². The minimum Gasteiger partial charge on any atom is -0.468 e. The summed E-state index contributed by atoms with van der Waals surface area (Å²) in [6, 6.07) is 3.88. The number of rotatable bonds is 5. The molecule has 3 rings (SSSR count). The first kappa shape index (κ1) is 10.1. The molecule has 1 aliphatic rings. The van der Waals surface area contributed by atoms with Gasteiger partial charge in [0.15, 0.2) is 0 Å². The van der Waals surface area contributed by atoms with Crippen molar-refractivity contribution in [2.24, 2.45) is 0 Å². The molecule has 3 nitrogen and oxygen atoms in total. The van der Waals surface area contributed by atoms with Gasteiger partial charge in [0.1, 0.15) is 5.76 Å². The number of hydrogen-bond donors (Lipinski definition) is 1. The number of thiazole rings is 1. The van der Waals surface area contributed by atoms with Crippen LogP contribution in [0, 0.1) is 0 Å². The van der Waals surface area contributed by atoms with Gasteiger partial charge in [-0.2, -0.15) is 0 Å². The monoisotopic (exact) mass is 234 g/mol. The molecule has 0 spiro atoms. The summed E-state index contributed by atoms with van der Waals surface area (Å²) in [5.41, 5.74) is 1.15. The minimum absolute atomic E-state index is 0.767. The maximum absolute atomic E-state index is 5.24. The number of furan rings is 1. The summed E-state index contributed by atoms with van der Waals surface area (Å²) in [4.78, 5) is 4.62. The molecule has 0 amide bonds. The molecule has 2 aromatic rings. The van der Waals surface area contributed by atoms with Crippen molar-refractivity contribution >= 4 is 11.3 Å². The van der Waals surface area contributed by atoms with E-state index in [-0.39, 0.29) is 0 Å². The van der Waals surface area contributed by atoms with E-state index in [9.17, 15) is 0 Å². The van der Waals surface area contributed by atoms with E-state index < -0.39 is 0 Å². The van der Waals surface area contributed by atoms with Crippen LogP contribution >= 0.6 is 11.3 Å². The smallest absolute Gasteiger partial charge is 0.117 e. The summed E-state index contributed by atoms with van der Waals surface area (Å²) in [6.07, 6.45) is 4.35. The van der Waals surface area contributed by atoms with Crippen LogP contribution in [0.25, 0.3) is 0 Å². The normalized spacial score (nSPS) is 15.5. The van der Waals surface area contributed by atoms with Gasteiger partial charge in [-0.15, -0.1) is 11.3 Å². The average Bonchev–Trinajstić information content (AvgIpc) is 2.83. The van der Waals surface area contributed by atoms with Gasteiger partial charge >= 0.3 is 0 Å². The Hall–Kier alpha value is -1.13. The Morgan fingerprint density at radius 2 is 2.38 bits per heavy atom. The molecule has 0 atom stereocenters. The lowest BCUT2D eigenvalue weighted by Gasteiger charge is -1.98. The SMILES string of the molecule is c1coc(CNCc2csc(C3CC3)n2)c1. The molecule has 16 heavy (non-hydrogen) atoms. The molecular formula is C12H14N2OS. The van der Waals surface area contributed by atoms with E-state index in [4.69, 9.17) is 4.42 Å². The van der Waals surface area contributed by atoms with Crippen molar-refractivity contribution in [1.29, 1.82) is 0 Å². The second kappa shape index (κ2) is 4.39. The van der Waals surface area contributed by atoms with Crippen molar-refractivity contribution in [2.75, 3.05) is 0 Å². The van der Waals surface area contributed by atoms with E-state index in [0.717, 1.165) is 30.5 Å². The molecule has 1 fully saturated rings. The fraction of sp³-hybridized carbons (Fsp3) is 0.417. The summed E-state index contributed by atoms with van der Waals surface area (Å²) in [5.74, 6) is 1.74. The Labute approximate surface area is 98.5 Å². The highest BCUT2D eigenvalue weighted by molar-refractivity contribution is 7.09. The fourth-order valence-corrected chi connectivity index (χ4v) is 2.64. The molecule has 0 saturated heterocycles. The number of hydrogen-bond acceptors (Lipinski definition) is 4. The molecule has 1 aliphatic carbocycles. The molecule has 2 heterocycles. The average molecular weight is 234 g/mol. The van der Waals surface area contributed by atoms with Crippen molar-refractivity contribution < 1.29 is 4.42 Å². The Balaban J connectivity index is 1.50. The summed E-state index contributed by atoms with van der Waals surface area (Å²) in [5, 5.41) is 6.80. The van der Waals surface area contributed by atoms with Crippen LogP contribution in [0.1, 0.15) is 35.2 Å². The Morgan fingerprint density at radius 1 is 1.44 bits per heavy atom. The van der Waals surface area contributed by atoms with E-state index in [1.807, 2.05) is 12.1 Å². The van der Waals surface area contributed by atoms with E-state index in [2.05, 4.69) is 15.7 Å². The van der Waals surface area contributed by atoms with Crippen LogP contribution in [0.2, 0.25) is 0 Å². The lowest BCUT2D eigenvalue weighted by molar-refractivity contribution is 0.482. The Morgan fingerprint density at radius 3 is 3.12 bits per heavy atom. The van der Waals surface area contributed by atoms with E-state index in [0.29, 0.717) is 0 Å². The van der Waals surface area contributed by atoms with Gasteiger partial charge in [-0.3, -0.25) is 0 Å². The second-order valence-corrected chi connectivity index (χ2v) is 5.02. The lowest BCUT2D eigenvalue weighted by atomic mass is 10.4. The van der Waals surface area contributed by atoms with Crippen molar-refractivity contribution in [3.63, 3.8) is 0 Å². The predicted octanol–water partition coefficient (Wildman–Crippen LogP) is 2.90. The molecule has 4 heteroatoms. The van der Waals surface area contributed by atoms with Crippen molar-refractivity contribution in [3.8, 4) is 0 Å². The Kier molecular flexibility index (Phi) is 2.76. The quantitative estimate of drug-likeness (QED) is 0.864. The first-order chi connectivity index (χ1) is 7.92. The van der Waals surface area contributed by atoms with Gasteiger partial charge in [0.2, 0.25) is 0 Å². The minimum atomic E-state index is 0.767. The molecule has 2 aromatic heterocycles. The summed E-state index contributed by atoms with van der Waals surface area (Å²) in [7, 11) is 0. The number of aromatic nitrogens is 1. The van der Waals surface area contributed by atoms with Gasteiger partial charge in [0, 0.05) is 17.8 Å². The largest absolute Gasteiger partial charge is 0.468 e. The fourth-order valence-electron chi connectivity index (χ4n) is 1.65. The molecule has 1 N–H and O–H groups in total. The summed E-state index contributed by atoms with van der Waals surface area (Å²) >= 11 is 1.79. The highest BCUT2D eigenvalue weighted by Crippen LogP contribution is 2.41. The highest BCUT2D eigenvalue weighted by Gasteiger charge is 2.26. The van der Waals surface area contributed by atoms with Crippen molar-refractivity contribution in [1.82, 2.24) is 10.3 Å². The second-order valence-electron chi connectivity index (χ2n) is 4.13. The van der Waals surface area contributed by atoms with Crippen LogP contribution in [-0.4, -0.2) is 4.98 Å². The maximum Gasteiger partial charge on any atom is 0.117 e. The maximum atomic E-state index is 5.24. The number of nitrogens with one attached hydrogen (secondary N) is 1. The molecule has 84 valence electrons. The molecule has 0 aliphatic heterocycles. The summed E-state index contributed by atoms with van der Waals surface area (Å²) < 4.78 is 5.24. The lowest BCUT2D eigenvalue weighted by Crippen LogP contribution is -2.12. The number of nitrogens with zero attached hydrogens (tertiary/aromatic N) is 1. The van der Waals surface area contributed by atoms with Gasteiger partial charge in [-0.05, 0) is 25.0 Å². The summed E-state index contributed by atoms with van der Waals surface area (Å²) in [6.45, 7) is 1.59. The van der Waals surface area contributed by atoms with Crippen molar-refractivity contribution in [2.45, 2.75) is 31.8 Å². The highest BCUT2D eigenvalue weighted by atomic mass is 32.1. The van der Waals surface area contributed by atoms with E-state index in [1.165, 1.54) is 17.8 Å². The zero-order valence-electron chi connectivity index (χ0n) is 8.98. The molecule has 0 radical (unpaired) electrons. The van der Waals surface area contributed by atoms with Gasteiger partial charge in [-0.25, -0.2) is 4.98 Å². The molecule has 0 unspecified atom stereocenters. The van der Waals surface area contributed by atoms with Crippen LogP contribution in [0.3, 0.4) is 0 Å². The third kappa shape index (κ3) is 2.33. The zero-order valence-corrected chi connectivity index (χ0v) is 9.80. The molecule has 0 aromatic carbocycles. The Bertz CT molecular complexity index is 445.